The Morgan fingerprint density at radius 2 is 2.00 bits per heavy atom. The van der Waals surface area contributed by atoms with Gasteiger partial charge in [-0.15, -0.1) is 0 Å². The number of nitrogens with zero attached hydrogens (tertiary/aromatic N) is 5. The second-order valence-corrected chi connectivity index (χ2v) is 10.00. The Hall–Kier alpha value is -4.05. The Kier molecular flexibility index (Phi) is 7.00. The molecule has 3 heterocycles. The van der Waals surface area contributed by atoms with E-state index in [-0.39, 0.29) is 23.7 Å². The van der Waals surface area contributed by atoms with Crippen LogP contribution in [0.15, 0.2) is 54.9 Å². The third-order valence-corrected chi connectivity index (χ3v) is 7.78. The van der Waals surface area contributed by atoms with Gasteiger partial charge in [0.05, 0.1) is 23.3 Å². The molecule has 0 radical (unpaired) electrons. The number of rotatable bonds is 7. The lowest BCUT2D eigenvalue weighted by Gasteiger charge is -2.28. The van der Waals surface area contributed by atoms with Gasteiger partial charge in [0.2, 0.25) is 0 Å². The number of aromatic nitrogens is 2. The Labute approximate surface area is 218 Å². The standard InChI is InChI=1S/C27H27N5O4S/c1-18-8-11-23(36-2)24-25(18)37-27(29-24)31(17-19-7-6-12-28-16-19)26(33)20-9-10-21(22(15-20)32(34)35)30-13-4-3-5-14-30/h6-12,15-16H,3-5,13-14,17H2,1-2H3. The van der Waals surface area contributed by atoms with Crippen LogP contribution in [0.25, 0.3) is 10.2 Å². The molecule has 1 amide bonds. The first-order valence-corrected chi connectivity index (χ1v) is 13.0. The number of fused-ring (bicyclic) bond motifs is 1. The van der Waals surface area contributed by atoms with Crippen LogP contribution in [-0.2, 0) is 6.54 Å². The van der Waals surface area contributed by atoms with Crippen molar-refractivity contribution >= 4 is 44.0 Å². The fourth-order valence-electron chi connectivity index (χ4n) is 4.64. The van der Waals surface area contributed by atoms with Gasteiger partial charge in [0, 0.05) is 37.1 Å². The Bertz CT molecular complexity index is 1450. The van der Waals surface area contributed by atoms with E-state index in [0.717, 1.165) is 48.2 Å². The van der Waals surface area contributed by atoms with Gasteiger partial charge in [-0.1, -0.05) is 23.5 Å². The van der Waals surface area contributed by atoms with E-state index in [1.54, 1.807) is 36.5 Å². The Morgan fingerprint density at radius 3 is 2.70 bits per heavy atom. The summed E-state index contributed by atoms with van der Waals surface area (Å²) >= 11 is 1.39. The first-order chi connectivity index (χ1) is 18.0. The summed E-state index contributed by atoms with van der Waals surface area (Å²) in [4.78, 5) is 38.1. The van der Waals surface area contributed by atoms with E-state index in [1.165, 1.54) is 17.4 Å². The van der Waals surface area contributed by atoms with Crippen LogP contribution in [0.3, 0.4) is 0 Å². The molecule has 2 aromatic heterocycles. The molecule has 10 heteroatoms. The molecule has 1 aliphatic heterocycles. The number of anilines is 2. The van der Waals surface area contributed by atoms with Gasteiger partial charge in [-0.25, -0.2) is 4.98 Å². The first-order valence-electron chi connectivity index (χ1n) is 12.1. The van der Waals surface area contributed by atoms with Crippen molar-refractivity contribution in [3.8, 4) is 5.75 Å². The maximum atomic E-state index is 13.9. The second-order valence-electron chi connectivity index (χ2n) is 9.02. The highest BCUT2D eigenvalue weighted by molar-refractivity contribution is 7.22. The Balaban J connectivity index is 1.58. The van der Waals surface area contributed by atoms with Crippen molar-refractivity contribution in [1.82, 2.24) is 9.97 Å². The third kappa shape index (κ3) is 4.97. The molecule has 1 saturated heterocycles. The van der Waals surface area contributed by atoms with Gasteiger partial charge in [0.1, 0.15) is 17.0 Å². The fourth-order valence-corrected chi connectivity index (χ4v) is 5.69. The van der Waals surface area contributed by atoms with Crippen molar-refractivity contribution in [1.29, 1.82) is 0 Å². The molecule has 2 aromatic carbocycles. The monoisotopic (exact) mass is 517 g/mol. The van der Waals surface area contributed by atoms with Crippen LogP contribution in [0, 0.1) is 17.0 Å². The highest BCUT2D eigenvalue weighted by Crippen LogP contribution is 2.38. The predicted molar refractivity (Wildman–Crippen MR) is 145 cm³/mol. The number of methoxy groups -OCH3 is 1. The molecule has 9 nitrogen and oxygen atoms in total. The fraction of sp³-hybridized carbons (Fsp3) is 0.296. The minimum absolute atomic E-state index is 0.0594. The van der Waals surface area contributed by atoms with Crippen molar-refractivity contribution in [2.45, 2.75) is 32.7 Å². The molecule has 0 saturated carbocycles. The van der Waals surface area contributed by atoms with Crippen molar-refractivity contribution in [3.05, 3.63) is 81.7 Å². The third-order valence-electron chi connectivity index (χ3n) is 6.57. The molecule has 0 aliphatic carbocycles. The maximum Gasteiger partial charge on any atom is 0.293 e. The summed E-state index contributed by atoms with van der Waals surface area (Å²) < 4.78 is 6.42. The quantitative estimate of drug-likeness (QED) is 0.227. The van der Waals surface area contributed by atoms with E-state index in [9.17, 15) is 14.9 Å². The van der Waals surface area contributed by atoms with Gasteiger partial charge in [0.25, 0.3) is 11.6 Å². The lowest BCUT2D eigenvalue weighted by Crippen LogP contribution is -2.31. The van der Waals surface area contributed by atoms with E-state index in [4.69, 9.17) is 9.72 Å². The summed E-state index contributed by atoms with van der Waals surface area (Å²) in [7, 11) is 1.59. The predicted octanol–water partition coefficient (Wildman–Crippen LogP) is 5.75. The summed E-state index contributed by atoms with van der Waals surface area (Å²) in [5, 5.41) is 12.5. The van der Waals surface area contributed by atoms with E-state index in [2.05, 4.69) is 4.98 Å². The molecule has 0 bridgehead atoms. The van der Waals surface area contributed by atoms with Gasteiger partial charge >= 0.3 is 0 Å². The largest absolute Gasteiger partial charge is 0.494 e. The van der Waals surface area contributed by atoms with Crippen molar-refractivity contribution in [2.24, 2.45) is 0 Å². The van der Waals surface area contributed by atoms with E-state index in [1.807, 2.05) is 36.1 Å². The number of benzene rings is 2. The minimum Gasteiger partial charge on any atom is -0.494 e. The summed E-state index contributed by atoms with van der Waals surface area (Å²) in [6.45, 7) is 3.75. The van der Waals surface area contributed by atoms with Gasteiger partial charge in [-0.2, -0.15) is 0 Å². The SMILES string of the molecule is COc1ccc(C)c2sc(N(Cc3cccnc3)C(=O)c3ccc(N4CCCCC4)c([N+](=O)[O-])c3)nc12. The van der Waals surface area contributed by atoms with E-state index in [0.29, 0.717) is 22.1 Å². The van der Waals surface area contributed by atoms with Crippen LogP contribution in [0.5, 0.6) is 5.75 Å². The zero-order valence-corrected chi connectivity index (χ0v) is 21.5. The molecule has 1 fully saturated rings. The van der Waals surface area contributed by atoms with Crippen LogP contribution in [0.4, 0.5) is 16.5 Å². The number of piperidine rings is 1. The number of carbonyl (C=O) groups is 1. The molecular weight excluding hydrogens is 490 g/mol. The van der Waals surface area contributed by atoms with Crippen molar-refractivity contribution in [3.63, 3.8) is 0 Å². The molecular formula is C27H27N5O4S. The van der Waals surface area contributed by atoms with Gasteiger partial charge in [0.15, 0.2) is 5.13 Å². The average Bonchev–Trinajstić information content (AvgIpc) is 3.38. The lowest BCUT2D eigenvalue weighted by molar-refractivity contribution is -0.384. The van der Waals surface area contributed by atoms with Gasteiger partial charge < -0.3 is 9.64 Å². The summed E-state index contributed by atoms with van der Waals surface area (Å²) in [5.74, 6) is 0.256. The number of amides is 1. The number of thiazole rings is 1. The zero-order valence-electron chi connectivity index (χ0n) is 20.7. The molecule has 0 N–H and O–H groups in total. The molecule has 5 rings (SSSR count). The number of hydrogen-bond acceptors (Lipinski definition) is 8. The molecule has 1 aliphatic rings. The molecule has 190 valence electrons. The molecule has 37 heavy (non-hydrogen) atoms. The first kappa shape index (κ1) is 24.6. The molecule has 4 aromatic rings. The summed E-state index contributed by atoms with van der Waals surface area (Å²) in [6.07, 6.45) is 6.48. The van der Waals surface area contributed by atoms with E-state index < -0.39 is 4.92 Å². The molecule has 0 spiro atoms. The van der Waals surface area contributed by atoms with Gasteiger partial charge in [-0.05, 0) is 61.6 Å². The number of pyridine rings is 1. The van der Waals surface area contributed by atoms with Gasteiger partial charge in [-0.3, -0.25) is 24.8 Å². The average molecular weight is 518 g/mol. The maximum absolute atomic E-state index is 13.9. The number of carbonyl (C=O) groups excluding carboxylic acids is 1. The number of ether oxygens (including phenoxy) is 1. The lowest BCUT2D eigenvalue weighted by atomic mass is 10.1. The number of hydrogen-bond donors (Lipinski definition) is 0. The summed E-state index contributed by atoms with van der Waals surface area (Å²) in [6, 6.07) is 12.3. The van der Waals surface area contributed by atoms with Crippen LogP contribution in [-0.4, -0.2) is 41.0 Å². The zero-order chi connectivity index (χ0) is 25.9. The normalized spacial score (nSPS) is 13.5. The molecule has 0 unspecified atom stereocenters. The van der Waals surface area contributed by atoms with Crippen LogP contribution in [0.2, 0.25) is 0 Å². The smallest absolute Gasteiger partial charge is 0.293 e. The van der Waals surface area contributed by atoms with Crippen molar-refractivity contribution < 1.29 is 14.5 Å². The topological polar surface area (TPSA) is 102 Å². The number of nitro groups is 1. The summed E-state index contributed by atoms with van der Waals surface area (Å²) in [5.41, 5.74) is 3.25. The minimum atomic E-state index is -0.405. The second kappa shape index (κ2) is 10.5. The Morgan fingerprint density at radius 1 is 1.19 bits per heavy atom. The number of aryl methyl sites for hydroxylation is 1. The van der Waals surface area contributed by atoms with Crippen LogP contribution < -0.4 is 14.5 Å². The van der Waals surface area contributed by atoms with E-state index >= 15 is 0 Å². The highest BCUT2D eigenvalue weighted by Gasteiger charge is 2.27. The van der Waals surface area contributed by atoms with Crippen LogP contribution >= 0.6 is 11.3 Å². The molecule has 0 atom stereocenters. The highest BCUT2D eigenvalue weighted by atomic mass is 32.1. The van der Waals surface area contributed by atoms with Crippen LogP contribution in [0.1, 0.15) is 40.7 Å². The van der Waals surface area contributed by atoms with Crippen molar-refractivity contribution in [2.75, 3.05) is 30.0 Å². The number of nitro benzene ring substituents is 1.